The molecule has 18 heavy (non-hydrogen) atoms. The predicted molar refractivity (Wildman–Crippen MR) is 75.3 cm³/mol. The van der Waals surface area contributed by atoms with E-state index in [9.17, 15) is 0 Å². The van der Waals surface area contributed by atoms with E-state index in [-0.39, 0.29) is 0 Å². The molecular formula is C16H26N2. The van der Waals surface area contributed by atoms with Gasteiger partial charge in [-0.25, -0.2) is 9.97 Å². The van der Waals surface area contributed by atoms with Gasteiger partial charge in [0.25, 0.3) is 0 Å². The van der Waals surface area contributed by atoms with Crippen LogP contribution in [0.2, 0.25) is 0 Å². The van der Waals surface area contributed by atoms with Crippen molar-refractivity contribution in [2.24, 2.45) is 23.2 Å². The van der Waals surface area contributed by atoms with E-state index in [1.54, 1.807) is 0 Å². The molecule has 2 nitrogen and oxygen atoms in total. The van der Waals surface area contributed by atoms with Crippen LogP contribution in [0, 0.1) is 23.2 Å². The van der Waals surface area contributed by atoms with E-state index in [1.807, 2.05) is 18.5 Å². The maximum Gasteiger partial charge on any atom is 0.131 e. The number of hydrogen-bond donors (Lipinski definition) is 0. The highest BCUT2D eigenvalue weighted by molar-refractivity contribution is 5.11. The molecular weight excluding hydrogens is 220 g/mol. The largest absolute Gasteiger partial charge is 0.241 e. The van der Waals surface area contributed by atoms with Gasteiger partial charge in [-0.15, -0.1) is 0 Å². The fourth-order valence-electron chi connectivity index (χ4n) is 4.01. The van der Waals surface area contributed by atoms with Gasteiger partial charge in [-0.3, -0.25) is 0 Å². The second-order valence-corrected chi connectivity index (χ2v) is 6.61. The molecule has 1 aromatic heterocycles. The summed E-state index contributed by atoms with van der Waals surface area (Å²) >= 11 is 0. The topological polar surface area (TPSA) is 25.8 Å². The van der Waals surface area contributed by atoms with E-state index in [0.29, 0.717) is 17.3 Å². The molecule has 0 aliphatic heterocycles. The van der Waals surface area contributed by atoms with E-state index in [1.165, 1.54) is 12.8 Å². The first kappa shape index (κ1) is 13.5. The van der Waals surface area contributed by atoms with Gasteiger partial charge in [-0.05, 0) is 42.1 Å². The van der Waals surface area contributed by atoms with Crippen molar-refractivity contribution in [1.82, 2.24) is 9.97 Å². The summed E-state index contributed by atoms with van der Waals surface area (Å²) in [6.45, 7) is 11.9. The van der Waals surface area contributed by atoms with Gasteiger partial charge in [0.15, 0.2) is 0 Å². The second kappa shape index (κ2) is 4.99. The minimum Gasteiger partial charge on any atom is -0.241 e. The zero-order valence-electron chi connectivity index (χ0n) is 12.4. The van der Waals surface area contributed by atoms with Crippen molar-refractivity contribution in [1.29, 1.82) is 0 Å². The van der Waals surface area contributed by atoms with Crippen LogP contribution in [-0.2, 0) is 0 Å². The van der Waals surface area contributed by atoms with E-state index >= 15 is 0 Å². The molecule has 3 atom stereocenters. The minimum absolute atomic E-state index is 0.329. The molecule has 0 bridgehead atoms. The summed E-state index contributed by atoms with van der Waals surface area (Å²) in [4.78, 5) is 9.04. The monoisotopic (exact) mass is 246 g/mol. The van der Waals surface area contributed by atoms with Gasteiger partial charge >= 0.3 is 0 Å². The third kappa shape index (κ3) is 2.06. The van der Waals surface area contributed by atoms with Crippen LogP contribution in [0.1, 0.15) is 59.2 Å². The highest BCUT2D eigenvalue weighted by Crippen LogP contribution is 2.58. The quantitative estimate of drug-likeness (QED) is 0.795. The highest BCUT2D eigenvalue weighted by atomic mass is 14.9. The number of nitrogens with zero attached hydrogens (tertiary/aromatic N) is 2. The average Bonchev–Trinajstić information content (AvgIpc) is 2.69. The minimum atomic E-state index is 0.329. The Morgan fingerprint density at radius 3 is 2.22 bits per heavy atom. The standard InChI is InChI=1S/C16H26N2/c1-11(2)13-7-8-14(16(13,5)12(3)4)15-17-9-6-10-18-15/h6,9-14H,7-8H2,1-5H3/t13?,14-,16+/m1/s1. The SMILES string of the molecule is CC(C)C1CC[C@H](c2ncccn2)[C@@]1(C)C(C)C. The normalized spacial score (nSPS) is 32.4. The summed E-state index contributed by atoms with van der Waals surface area (Å²) in [7, 11) is 0. The molecule has 0 aromatic carbocycles. The fourth-order valence-corrected chi connectivity index (χ4v) is 4.01. The molecule has 0 amide bonds. The molecule has 0 radical (unpaired) electrons. The van der Waals surface area contributed by atoms with Crippen LogP contribution in [-0.4, -0.2) is 9.97 Å². The summed E-state index contributed by atoms with van der Waals surface area (Å²) in [5, 5.41) is 0. The van der Waals surface area contributed by atoms with Crippen LogP contribution in [0.4, 0.5) is 0 Å². The van der Waals surface area contributed by atoms with Crippen LogP contribution >= 0.6 is 0 Å². The number of hydrogen-bond acceptors (Lipinski definition) is 2. The van der Waals surface area contributed by atoms with Crippen LogP contribution in [0.5, 0.6) is 0 Å². The Kier molecular flexibility index (Phi) is 3.74. The van der Waals surface area contributed by atoms with Crippen molar-refractivity contribution in [2.75, 3.05) is 0 Å². The van der Waals surface area contributed by atoms with Gasteiger partial charge in [-0.1, -0.05) is 34.6 Å². The Hall–Kier alpha value is -0.920. The first-order valence-electron chi connectivity index (χ1n) is 7.24. The van der Waals surface area contributed by atoms with Crippen molar-refractivity contribution < 1.29 is 0 Å². The molecule has 2 rings (SSSR count). The van der Waals surface area contributed by atoms with Crippen molar-refractivity contribution in [2.45, 2.75) is 53.4 Å². The lowest BCUT2D eigenvalue weighted by molar-refractivity contribution is 0.0893. The highest BCUT2D eigenvalue weighted by Gasteiger charge is 2.50. The summed E-state index contributed by atoms with van der Waals surface area (Å²) in [6, 6.07) is 1.91. The van der Waals surface area contributed by atoms with Crippen LogP contribution in [0.3, 0.4) is 0 Å². The molecule has 0 saturated heterocycles. The molecule has 1 fully saturated rings. The number of rotatable bonds is 3. The summed E-state index contributed by atoms with van der Waals surface area (Å²) in [5.74, 6) is 3.77. The maximum atomic E-state index is 4.52. The molecule has 1 aromatic rings. The molecule has 1 unspecified atom stereocenters. The molecule has 1 heterocycles. The molecule has 0 spiro atoms. The summed E-state index contributed by atoms with van der Waals surface area (Å²) in [5.41, 5.74) is 0.329. The first-order chi connectivity index (χ1) is 8.48. The van der Waals surface area contributed by atoms with E-state index in [4.69, 9.17) is 0 Å². The molecule has 1 aliphatic carbocycles. The maximum absolute atomic E-state index is 4.52. The van der Waals surface area contributed by atoms with Gasteiger partial charge in [0, 0.05) is 18.3 Å². The lowest BCUT2D eigenvalue weighted by Gasteiger charge is -2.42. The second-order valence-electron chi connectivity index (χ2n) is 6.61. The van der Waals surface area contributed by atoms with E-state index in [2.05, 4.69) is 44.6 Å². The van der Waals surface area contributed by atoms with Crippen molar-refractivity contribution in [3.63, 3.8) is 0 Å². The van der Waals surface area contributed by atoms with Gasteiger partial charge in [0.05, 0.1) is 0 Å². The van der Waals surface area contributed by atoms with Crippen LogP contribution < -0.4 is 0 Å². The summed E-state index contributed by atoms with van der Waals surface area (Å²) < 4.78 is 0. The van der Waals surface area contributed by atoms with E-state index < -0.39 is 0 Å². The lowest BCUT2D eigenvalue weighted by Crippen LogP contribution is -2.36. The molecule has 1 aliphatic rings. The van der Waals surface area contributed by atoms with Crippen LogP contribution in [0.25, 0.3) is 0 Å². The molecule has 0 N–H and O–H groups in total. The van der Waals surface area contributed by atoms with Gasteiger partial charge in [-0.2, -0.15) is 0 Å². The van der Waals surface area contributed by atoms with Crippen LogP contribution in [0.15, 0.2) is 18.5 Å². The lowest BCUT2D eigenvalue weighted by atomic mass is 9.63. The fraction of sp³-hybridized carbons (Fsp3) is 0.750. The predicted octanol–water partition coefficient (Wildman–Crippen LogP) is 4.29. The van der Waals surface area contributed by atoms with E-state index in [0.717, 1.165) is 17.7 Å². The third-order valence-corrected chi connectivity index (χ3v) is 5.26. The zero-order valence-corrected chi connectivity index (χ0v) is 12.4. The Bertz CT molecular complexity index is 385. The Morgan fingerprint density at radius 1 is 1.11 bits per heavy atom. The summed E-state index contributed by atoms with van der Waals surface area (Å²) in [6.07, 6.45) is 6.31. The van der Waals surface area contributed by atoms with Gasteiger partial charge < -0.3 is 0 Å². The molecule has 2 heteroatoms. The Morgan fingerprint density at radius 2 is 1.72 bits per heavy atom. The smallest absolute Gasteiger partial charge is 0.131 e. The Balaban J connectivity index is 2.37. The van der Waals surface area contributed by atoms with Crippen molar-refractivity contribution >= 4 is 0 Å². The molecule has 100 valence electrons. The van der Waals surface area contributed by atoms with Gasteiger partial charge in [0.2, 0.25) is 0 Å². The Labute approximate surface area is 111 Å². The van der Waals surface area contributed by atoms with Crippen molar-refractivity contribution in [3.05, 3.63) is 24.3 Å². The molecule has 1 saturated carbocycles. The first-order valence-corrected chi connectivity index (χ1v) is 7.24. The number of aromatic nitrogens is 2. The van der Waals surface area contributed by atoms with Crippen molar-refractivity contribution in [3.8, 4) is 0 Å². The third-order valence-electron chi connectivity index (χ3n) is 5.26. The zero-order chi connectivity index (χ0) is 13.3. The van der Waals surface area contributed by atoms with Gasteiger partial charge in [0.1, 0.15) is 5.82 Å². The average molecular weight is 246 g/mol.